The van der Waals surface area contributed by atoms with Crippen molar-refractivity contribution in [2.75, 3.05) is 0 Å². The minimum Gasteiger partial charge on any atom is -0.265 e. The summed E-state index contributed by atoms with van der Waals surface area (Å²) in [6.07, 6.45) is 51.9. The van der Waals surface area contributed by atoms with Gasteiger partial charge in [0.15, 0.2) is 0 Å². The molecule has 0 bridgehead atoms. The fourth-order valence-electron chi connectivity index (χ4n) is 17.1. The molecule has 0 N–H and O–H groups in total. The predicted octanol–water partition coefficient (Wildman–Crippen LogP) is 28.2. The van der Waals surface area contributed by atoms with Crippen LogP contribution in [-0.4, -0.2) is 20.3 Å². The lowest BCUT2D eigenvalue weighted by Crippen LogP contribution is -2.25. The number of hydrogen-bond donors (Lipinski definition) is 0. The molecule has 3 heterocycles. The van der Waals surface area contributed by atoms with Crippen LogP contribution in [0.3, 0.4) is 0 Å². The van der Waals surface area contributed by atoms with E-state index < -0.39 is 0 Å². The van der Waals surface area contributed by atoms with Gasteiger partial charge in [0.25, 0.3) is 0 Å². The van der Waals surface area contributed by atoms with Gasteiger partial charge in [-0.05, 0) is 208 Å². The quantitative estimate of drug-likeness (QED) is 0.0363. The number of aromatic nitrogens is 4. The molecule has 5 nitrogen and oxygen atoms in total. The van der Waals surface area contributed by atoms with E-state index in [9.17, 15) is 0 Å². The van der Waals surface area contributed by atoms with Crippen molar-refractivity contribution in [3.8, 4) is 77.9 Å². The lowest BCUT2D eigenvalue weighted by Gasteiger charge is -2.34. The first-order valence-corrected chi connectivity index (χ1v) is 39.2. The molecular weight excluding hydrogens is 1230 g/mol. The first-order chi connectivity index (χ1) is 49.9. The van der Waals surface area contributed by atoms with Crippen LogP contribution < -0.4 is 0 Å². The van der Waals surface area contributed by atoms with Crippen molar-refractivity contribution >= 4 is 35.3 Å². The Morgan fingerprint density at radius 1 is 0.267 bits per heavy atom. The predicted molar refractivity (Wildman–Crippen MR) is 430 cm³/mol. The maximum atomic E-state index is 5.64. The van der Waals surface area contributed by atoms with Crippen LogP contribution in [0.15, 0.2) is 211 Å². The van der Waals surface area contributed by atoms with Crippen molar-refractivity contribution in [2.24, 2.45) is 0 Å². The highest BCUT2D eigenvalue weighted by Crippen LogP contribution is 2.58. The van der Waals surface area contributed by atoms with Gasteiger partial charge in [-0.1, -0.05) is 327 Å². The van der Waals surface area contributed by atoms with Crippen LogP contribution in [0.4, 0.5) is 0 Å². The Morgan fingerprint density at radius 2 is 0.574 bits per heavy atom. The fraction of sp³-hybridized carbons (Fsp3) is 0.354. The Balaban J connectivity index is 0.984. The van der Waals surface area contributed by atoms with E-state index in [4.69, 9.17) is 4.63 Å². The first kappa shape index (κ1) is 70.4. The molecule has 101 heavy (non-hydrogen) atoms. The molecule has 2 aliphatic rings. The molecule has 0 unspecified atom stereocenters. The summed E-state index contributed by atoms with van der Waals surface area (Å²) < 4.78 is 5.64. The van der Waals surface area contributed by atoms with Crippen LogP contribution in [0.2, 0.25) is 0 Å². The second-order valence-electron chi connectivity index (χ2n) is 29.4. The van der Waals surface area contributed by atoms with Crippen molar-refractivity contribution in [1.29, 1.82) is 0 Å². The topological polar surface area (TPSA) is 64.7 Å². The van der Waals surface area contributed by atoms with Gasteiger partial charge in [-0.25, -0.2) is 4.63 Å². The highest BCUT2D eigenvalue weighted by atomic mass is 16.6. The zero-order valence-corrected chi connectivity index (χ0v) is 60.9. The van der Waals surface area contributed by atoms with E-state index >= 15 is 0 Å². The van der Waals surface area contributed by atoms with Crippen molar-refractivity contribution in [2.45, 2.75) is 218 Å². The Kier molecular flexibility index (Phi) is 24.1. The number of pyridine rings is 2. The zero-order chi connectivity index (χ0) is 69.1. The summed E-state index contributed by atoms with van der Waals surface area (Å²) >= 11 is 0. The maximum absolute atomic E-state index is 5.64. The third kappa shape index (κ3) is 16.0. The van der Waals surface area contributed by atoms with Gasteiger partial charge in [-0.3, -0.25) is 9.97 Å². The SMILES string of the molecule is CCCCCCCCC1(CCCCCCCC)c2cc(-c3ccccc3)ccc2-c2ccc(-c3cc(/C=C/c4ccncc4)c(-c4ccc5c(c4)C(CCCCCCCC)(CCCCCCCC)c4cc(-c6ccc(-c7ccccc7)c7nonc67)ccc4-5)cc3/C=C/c3ccncc3)cc21. The Labute approximate surface area is 604 Å². The van der Waals surface area contributed by atoms with E-state index in [0.29, 0.717) is 0 Å². The summed E-state index contributed by atoms with van der Waals surface area (Å²) in [6, 6.07) is 69.7. The molecule has 8 aromatic carbocycles. The van der Waals surface area contributed by atoms with Crippen molar-refractivity contribution < 1.29 is 4.63 Å². The lowest BCUT2D eigenvalue weighted by atomic mass is 9.69. The van der Waals surface area contributed by atoms with E-state index in [-0.39, 0.29) is 10.8 Å². The van der Waals surface area contributed by atoms with Gasteiger partial charge < -0.3 is 0 Å². The summed E-state index contributed by atoms with van der Waals surface area (Å²) in [5, 5.41) is 9.22. The number of nitrogens with zero attached hydrogens (tertiary/aromatic N) is 4. The molecule has 5 heteroatoms. The van der Waals surface area contributed by atoms with Crippen molar-refractivity contribution in [3.63, 3.8) is 0 Å². The van der Waals surface area contributed by atoms with E-state index in [0.717, 1.165) is 70.1 Å². The van der Waals surface area contributed by atoms with Gasteiger partial charge in [-0.15, -0.1) is 0 Å². The van der Waals surface area contributed by atoms with Gasteiger partial charge in [0.05, 0.1) is 0 Å². The monoisotopic (exact) mass is 1330 g/mol. The molecule has 0 spiro atoms. The van der Waals surface area contributed by atoms with Crippen LogP contribution in [-0.2, 0) is 10.8 Å². The highest BCUT2D eigenvalue weighted by molar-refractivity contribution is 6.01. The van der Waals surface area contributed by atoms with Crippen molar-refractivity contribution in [3.05, 3.63) is 251 Å². The van der Waals surface area contributed by atoms with E-state index in [2.05, 4.69) is 254 Å². The van der Waals surface area contributed by atoms with Gasteiger partial charge in [0.2, 0.25) is 0 Å². The van der Waals surface area contributed by atoms with E-state index in [1.54, 1.807) is 0 Å². The van der Waals surface area contributed by atoms with Crippen molar-refractivity contribution in [1.82, 2.24) is 20.3 Å². The minimum absolute atomic E-state index is 0.120. The maximum Gasteiger partial charge on any atom is 0.143 e. The number of unbranched alkanes of at least 4 members (excludes halogenated alkanes) is 20. The Morgan fingerprint density at radius 3 is 0.950 bits per heavy atom. The molecule has 0 aliphatic heterocycles. The number of benzene rings is 8. The third-order valence-electron chi connectivity index (χ3n) is 22.6. The average molecular weight is 1330 g/mol. The van der Waals surface area contributed by atoms with E-state index in [1.165, 1.54) is 243 Å². The highest BCUT2D eigenvalue weighted by Gasteiger charge is 2.45. The molecule has 0 radical (unpaired) electrons. The Bertz CT molecular complexity index is 4510. The molecule has 3 aromatic heterocycles. The summed E-state index contributed by atoms with van der Waals surface area (Å²) in [7, 11) is 0. The summed E-state index contributed by atoms with van der Waals surface area (Å²) in [5.41, 5.74) is 29.3. The van der Waals surface area contributed by atoms with Crippen LogP contribution >= 0.6 is 0 Å². The molecule has 0 amide bonds. The van der Waals surface area contributed by atoms with Crippen LogP contribution in [0.5, 0.6) is 0 Å². The third-order valence-corrected chi connectivity index (χ3v) is 22.6. The lowest BCUT2D eigenvalue weighted by molar-refractivity contribution is 0.315. The van der Waals surface area contributed by atoms with Crippen LogP contribution in [0.1, 0.15) is 252 Å². The molecule has 0 fully saturated rings. The zero-order valence-electron chi connectivity index (χ0n) is 60.9. The Hall–Kier alpha value is -9.06. The molecule has 0 saturated heterocycles. The molecule has 13 rings (SSSR count). The van der Waals surface area contributed by atoms with E-state index in [1.807, 2.05) is 24.8 Å². The smallest absolute Gasteiger partial charge is 0.143 e. The second kappa shape index (κ2) is 34.5. The summed E-state index contributed by atoms with van der Waals surface area (Å²) in [5.74, 6) is 0. The van der Waals surface area contributed by atoms with Crippen LogP contribution in [0.25, 0.3) is 113 Å². The standard InChI is InChI=1S/C96H106N4O/c1-5-9-13-17-21-31-57-95(58-32-22-18-14-10-6-2)89-67-75(73-35-27-25-28-36-73)43-47-83(89)85-49-45-79(69-91(85)95)87-65-77(42-40-72-55-63-98-64-56-72)88(66-76(87)41-39-71-53-61-97-62-54-71)80-46-50-86-84-48-44-78(82-52-51-81(74-37-29-26-30-38-74)93-94(82)100-101-99-93)68-90(84)96(92(86)70-80,59-33-23-19-15-11-7-3)60-34-24-20-16-12-8-4/h25-30,35-56,61-70H,5-24,31-34,57-60H2,1-4H3/b41-39+,42-40+. The summed E-state index contributed by atoms with van der Waals surface area (Å²) in [4.78, 5) is 8.91. The minimum atomic E-state index is -0.213. The van der Waals surface area contributed by atoms with Gasteiger partial charge in [0, 0.05) is 46.7 Å². The number of rotatable bonds is 37. The molecule has 11 aromatic rings. The molecule has 0 saturated carbocycles. The van der Waals surface area contributed by atoms with Gasteiger partial charge in [0.1, 0.15) is 11.0 Å². The second-order valence-corrected chi connectivity index (χ2v) is 29.4. The van der Waals surface area contributed by atoms with Gasteiger partial charge >= 0.3 is 0 Å². The molecule has 0 atom stereocenters. The fourth-order valence-corrected chi connectivity index (χ4v) is 17.1. The summed E-state index contributed by atoms with van der Waals surface area (Å²) in [6.45, 7) is 9.33. The number of fused-ring (bicyclic) bond motifs is 7. The molecule has 516 valence electrons. The average Bonchev–Trinajstić information content (AvgIpc) is 1.57. The van der Waals surface area contributed by atoms with Crippen LogP contribution in [0, 0.1) is 0 Å². The molecule has 2 aliphatic carbocycles. The largest absolute Gasteiger partial charge is 0.265 e. The molecular formula is C96H106N4O. The normalized spacial score (nSPS) is 13.3. The van der Waals surface area contributed by atoms with Gasteiger partial charge in [-0.2, -0.15) is 0 Å². The first-order valence-electron chi connectivity index (χ1n) is 39.2. The number of hydrogen-bond acceptors (Lipinski definition) is 5.